The number of benzene rings is 1. The van der Waals surface area contributed by atoms with Crippen LogP contribution in [0.5, 0.6) is 0 Å². The summed E-state index contributed by atoms with van der Waals surface area (Å²) in [5, 5.41) is 23.3. The Labute approximate surface area is 126 Å². The highest BCUT2D eigenvalue weighted by Gasteiger charge is 2.26. The van der Waals surface area contributed by atoms with Crippen molar-refractivity contribution in [1.82, 2.24) is 10.2 Å². The van der Waals surface area contributed by atoms with Gasteiger partial charge in [-0.1, -0.05) is 0 Å². The molecule has 8 nitrogen and oxygen atoms in total. The lowest BCUT2D eigenvalue weighted by Crippen LogP contribution is -2.12. The Morgan fingerprint density at radius 1 is 1.41 bits per heavy atom. The molecule has 3 N–H and O–H groups in total. The standard InChI is InChI=1S/C14H15N5O3/c1-15-10-5-4-9(6-12(10)19(21)22)14(20)16-13-7-11(17-18-13)8-2-3-8/h4-8,15H,2-3H2,1H3,(H2,16,17,18,20). The zero-order chi connectivity index (χ0) is 15.7. The quantitative estimate of drug-likeness (QED) is 0.580. The molecule has 114 valence electrons. The predicted octanol–water partition coefficient (Wildman–Crippen LogP) is 2.49. The van der Waals surface area contributed by atoms with Crippen molar-refractivity contribution in [2.45, 2.75) is 18.8 Å². The molecule has 3 rings (SSSR count). The highest BCUT2D eigenvalue weighted by atomic mass is 16.6. The van der Waals surface area contributed by atoms with Gasteiger partial charge in [-0.2, -0.15) is 5.10 Å². The fraction of sp³-hybridized carbons (Fsp3) is 0.286. The van der Waals surface area contributed by atoms with E-state index >= 15 is 0 Å². The third-order valence-electron chi connectivity index (χ3n) is 3.58. The summed E-state index contributed by atoms with van der Waals surface area (Å²) in [5.74, 6) is 0.501. The van der Waals surface area contributed by atoms with Gasteiger partial charge in [0.1, 0.15) is 5.69 Å². The lowest BCUT2D eigenvalue weighted by Gasteiger charge is -2.05. The van der Waals surface area contributed by atoms with Crippen LogP contribution < -0.4 is 10.6 Å². The number of nitrogens with zero attached hydrogens (tertiary/aromatic N) is 2. The van der Waals surface area contributed by atoms with E-state index in [0.29, 0.717) is 17.4 Å². The van der Waals surface area contributed by atoms with E-state index in [4.69, 9.17) is 0 Å². The second-order valence-electron chi connectivity index (χ2n) is 5.18. The maximum Gasteiger partial charge on any atom is 0.293 e. The van der Waals surface area contributed by atoms with E-state index in [1.165, 1.54) is 18.2 Å². The van der Waals surface area contributed by atoms with Crippen molar-refractivity contribution < 1.29 is 9.72 Å². The lowest BCUT2D eigenvalue weighted by atomic mass is 10.1. The molecule has 8 heteroatoms. The van der Waals surface area contributed by atoms with Gasteiger partial charge < -0.3 is 10.6 Å². The summed E-state index contributed by atoms with van der Waals surface area (Å²) < 4.78 is 0. The topological polar surface area (TPSA) is 113 Å². The number of anilines is 2. The number of aromatic amines is 1. The fourth-order valence-electron chi connectivity index (χ4n) is 2.23. The van der Waals surface area contributed by atoms with Crippen LogP contribution in [0.1, 0.15) is 34.8 Å². The molecule has 0 atom stereocenters. The molecule has 0 aliphatic heterocycles. The van der Waals surface area contributed by atoms with E-state index in [9.17, 15) is 14.9 Å². The third-order valence-corrected chi connectivity index (χ3v) is 3.58. The number of carbonyl (C=O) groups is 1. The first-order valence-electron chi connectivity index (χ1n) is 6.91. The minimum absolute atomic E-state index is 0.143. The minimum atomic E-state index is -0.525. The molecule has 1 heterocycles. The molecule has 22 heavy (non-hydrogen) atoms. The second kappa shape index (κ2) is 5.47. The second-order valence-corrected chi connectivity index (χ2v) is 5.18. The highest BCUT2D eigenvalue weighted by molar-refractivity contribution is 6.04. The van der Waals surface area contributed by atoms with E-state index < -0.39 is 10.8 Å². The number of hydrogen-bond donors (Lipinski definition) is 3. The number of aromatic nitrogens is 2. The Morgan fingerprint density at radius 3 is 2.82 bits per heavy atom. The number of H-pyrrole nitrogens is 1. The van der Waals surface area contributed by atoms with Gasteiger partial charge in [-0.3, -0.25) is 20.0 Å². The summed E-state index contributed by atoms with van der Waals surface area (Å²) in [4.78, 5) is 22.7. The van der Waals surface area contributed by atoms with Crippen LogP contribution in [0.15, 0.2) is 24.3 Å². The van der Waals surface area contributed by atoms with Crippen molar-refractivity contribution in [1.29, 1.82) is 0 Å². The van der Waals surface area contributed by atoms with Gasteiger partial charge in [0.2, 0.25) is 0 Å². The molecular formula is C14H15N5O3. The summed E-state index contributed by atoms with van der Waals surface area (Å²) in [6, 6.07) is 6.08. The molecule has 0 unspecified atom stereocenters. The van der Waals surface area contributed by atoms with E-state index in [-0.39, 0.29) is 11.3 Å². The average molecular weight is 301 g/mol. The monoisotopic (exact) mass is 301 g/mol. The van der Waals surface area contributed by atoms with E-state index in [1.807, 2.05) is 0 Å². The first-order chi connectivity index (χ1) is 10.6. The maximum atomic E-state index is 12.2. The zero-order valence-electron chi connectivity index (χ0n) is 11.9. The van der Waals surface area contributed by atoms with Crippen LogP contribution in [-0.4, -0.2) is 28.1 Å². The van der Waals surface area contributed by atoms with Crippen molar-refractivity contribution in [2.24, 2.45) is 0 Å². The summed E-state index contributed by atoms with van der Waals surface area (Å²) in [7, 11) is 1.59. The van der Waals surface area contributed by atoms with Gasteiger partial charge in [0.05, 0.1) is 4.92 Å². The van der Waals surface area contributed by atoms with Crippen LogP contribution in [0.4, 0.5) is 17.2 Å². The SMILES string of the molecule is CNc1ccc(C(=O)Nc2cc(C3CC3)[nH]n2)cc1[N+](=O)[O-]. The number of nitrogens with one attached hydrogen (secondary N) is 3. The van der Waals surface area contributed by atoms with Crippen molar-refractivity contribution in [3.05, 3.63) is 45.6 Å². The van der Waals surface area contributed by atoms with Gasteiger partial charge in [-0.15, -0.1) is 0 Å². The Kier molecular flexibility index (Phi) is 3.50. The fourth-order valence-corrected chi connectivity index (χ4v) is 2.23. The smallest absolute Gasteiger partial charge is 0.293 e. The molecule has 0 spiro atoms. The van der Waals surface area contributed by atoms with Crippen LogP contribution in [0.25, 0.3) is 0 Å². The first-order valence-corrected chi connectivity index (χ1v) is 6.91. The first kappa shape index (κ1) is 14.1. The summed E-state index contributed by atoms with van der Waals surface area (Å²) in [5.41, 5.74) is 1.43. The van der Waals surface area contributed by atoms with Crippen LogP contribution in [0, 0.1) is 10.1 Å². The Bertz CT molecular complexity index is 736. The van der Waals surface area contributed by atoms with Crippen molar-refractivity contribution >= 4 is 23.1 Å². The molecule has 1 aromatic carbocycles. The minimum Gasteiger partial charge on any atom is -0.383 e. The number of rotatable bonds is 5. The predicted molar refractivity (Wildman–Crippen MR) is 81.2 cm³/mol. The molecule has 1 aromatic heterocycles. The van der Waals surface area contributed by atoms with Crippen LogP contribution in [0.3, 0.4) is 0 Å². The summed E-state index contributed by atoms with van der Waals surface area (Å²) in [6.45, 7) is 0. The maximum absolute atomic E-state index is 12.2. The zero-order valence-corrected chi connectivity index (χ0v) is 11.9. The molecule has 1 aliphatic rings. The molecule has 0 radical (unpaired) electrons. The average Bonchev–Trinajstić information content (AvgIpc) is 3.26. The van der Waals surface area contributed by atoms with Gasteiger partial charge in [0.15, 0.2) is 5.82 Å². The van der Waals surface area contributed by atoms with Gasteiger partial charge in [-0.25, -0.2) is 0 Å². The van der Waals surface area contributed by atoms with Crippen LogP contribution >= 0.6 is 0 Å². The molecule has 0 saturated heterocycles. The van der Waals surface area contributed by atoms with Crippen molar-refractivity contribution in [2.75, 3.05) is 17.7 Å². The van der Waals surface area contributed by atoms with Gasteiger partial charge in [-0.05, 0) is 25.0 Å². The normalized spacial score (nSPS) is 13.7. The van der Waals surface area contributed by atoms with Crippen molar-refractivity contribution in [3.63, 3.8) is 0 Å². The third kappa shape index (κ3) is 2.76. The molecule has 1 amide bonds. The van der Waals surface area contributed by atoms with Gasteiger partial charge in [0, 0.05) is 36.4 Å². The Morgan fingerprint density at radius 2 is 2.18 bits per heavy atom. The van der Waals surface area contributed by atoms with E-state index in [0.717, 1.165) is 18.5 Å². The molecule has 1 saturated carbocycles. The Balaban J connectivity index is 1.78. The molecule has 1 fully saturated rings. The number of amides is 1. The van der Waals surface area contributed by atoms with Gasteiger partial charge in [0.25, 0.3) is 11.6 Å². The van der Waals surface area contributed by atoms with Crippen LogP contribution in [0.2, 0.25) is 0 Å². The van der Waals surface area contributed by atoms with Crippen LogP contribution in [-0.2, 0) is 0 Å². The molecule has 1 aliphatic carbocycles. The molecule has 0 bridgehead atoms. The summed E-state index contributed by atoms with van der Waals surface area (Å²) in [6.07, 6.45) is 2.26. The number of carbonyl (C=O) groups excluding carboxylic acids is 1. The lowest BCUT2D eigenvalue weighted by molar-refractivity contribution is -0.384. The molecular weight excluding hydrogens is 286 g/mol. The highest BCUT2D eigenvalue weighted by Crippen LogP contribution is 2.39. The molecule has 2 aromatic rings. The Hall–Kier alpha value is -2.90. The number of nitro benzene ring substituents is 1. The summed E-state index contributed by atoms with van der Waals surface area (Å²) >= 11 is 0. The van der Waals surface area contributed by atoms with Crippen molar-refractivity contribution in [3.8, 4) is 0 Å². The largest absolute Gasteiger partial charge is 0.383 e. The van der Waals surface area contributed by atoms with Gasteiger partial charge >= 0.3 is 0 Å². The van der Waals surface area contributed by atoms with E-state index in [2.05, 4.69) is 20.8 Å². The number of nitro groups is 1. The number of hydrogen-bond acceptors (Lipinski definition) is 5. The van der Waals surface area contributed by atoms with E-state index in [1.54, 1.807) is 13.1 Å².